The van der Waals surface area contributed by atoms with Crippen molar-refractivity contribution in [2.45, 2.75) is 33.6 Å². The van der Waals surface area contributed by atoms with Gasteiger partial charge in [0.25, 0.3) is 0 Å². The Morgan fingerprint density at radius 1 is 1.29 bits per heavy atom. The van der Waals surface area contributed by atoms with Crippen LogP contribution in [0.5, 0.6) is 0 Å². The number of hydrogen-bond donors (Lipinski definition) is 2. The van der Waals surface area contributed by atoms with Crippen molar-refractivity contribution in [3.8, 4) is 0 Å². The van der Waals surface area contributed by atoms with Gasteiger partial charge in [-0.25, -0.2) is 4.79 Å². The van der Waals surface area contributed by atoms with Crippen molar-refractivity contribution in [3.05, 3.63) is 0 Å². The van der Waals surface area contributed by atoms with Crippen LogP contribution in [0, 0.1) is 11.8 Å². The number of hydrogen-bond acceptors (Lipinski definition) is 2. The second-order valence-electron chi connectivity index (χ2n) is 4.52. The molecule has 0 aromatic carbocycles. The third-order valence-electron chi connectivity index (χ3n) is 2.97. The average Bonchev–Trinajstić information content (AvgIpc) is 2.28. The van der Waals surface area contributed by atoms with E-state index >= 15 is 0 Å². The molecule has 0 aromatic rings. The zero-order valence-electron chi connectivity index (χ0n) is 11.2. The van der Waals surface area contributed by atoms with E-state index in [-0.39, 0.29) is 12.6 Å². The molecule has 0 aliphatic rings. The van der Waals surface area contributed by atoms with E-state index in [1.807, 2.05) is 0 Å². The van der Waals surface area contributed by atoms with Gasteiger partial charge in [-0.2, -0.15) is 0 Å². The summed E-state index contributed by atoms with van der Waals surface area (Å²) in [5, 5.41) is 11.5. The van der Waals surface area contributed by atoms with Crippen molar-refractivity contribution < 1.29 is 14.7 Å². The van der Waals surface area contributed by atoms with Gasteiger partial charge in [-0.15, -0.1) is 0 Å². The smallest absolute Gasteiger partial charge is 0.317 e. The van der Waals surface area contributed by atoms with Crippen molar-refractivity contribution >= 4 is 12.0 Å². The number of amides is 2. The summed E-state index contributed by atoms with van der Waals surface area (Å²) >= 11 is 0. The van der Waals surface area contributed by atoms with Gasteiger partial charge in [-0.1, -0.05) is 27.2 Å². The van der Waals surface area contributed by atoms with E-state index in [9.17, 15) is 9.59 Å². The molecule has 2 unspecified atom stereocenters. The first-order chi connectivity index (χ1) is 7.92. The van der Waals surface area contributed by atoms with Crippen LogP contribution in [0.2, 0.25) is 0 Å². The van der Waals surface area contributed by atoms with Crippen molar-refractivity contribution in [3.63, 3.8) is 0 Å². The Morgan fingerprint density at radius 3 is 2.29 bits per heavy atom. The maximum atomic E-state index is 11.7. The maximum Gasteiger partial charge on any atom is 0.317 e. The van der Waals surface area contributed by atoms with E-state index in [0.29, 0.717) is 18.9 Å². The highest BCUT2D eigenvalue weighted by Crippen LogP contribution is 2.04. The number of rotatable bonds is 7. The summed E-state index contributed by atoms with van der Waals surface area (Å²) in [5.74, 6) is -0.916. The van der Waals surface area contributed by atoms with Crippen LogP contribution in [0.25, 0.3) is 0 Å². The minimum atomic E-state index is -0.864. The molecule has 0 spiro atoms. The molecule has 0 aliphatic carbocycles. The average molecular weight is 244 g/mol. The van der Waals surface area contributed by atoms with Gasteiger partial charge < -0.3 is 15.3 Å². The lowest BCUT2D eigenvalue weighted by Crippen LogP contribution is -2.42. The van der Waals surface area contributed by atoms with Gasteiger partial charge >= 0.3 is 12.0 Å². The van der Waals surface area contributed by atoms with E-state index in [2.05, 4.69) is 19.2 Å². The minimum Gasteiger partial charge on any atom is -0.481 e. The number of nitrogens with zero attached hydrogens (tertiary/aromatic N) is 1. The Hall–Kier alpha value is -1.26. The first-order valence-corrected chi connectivity index (χ1v) is 6.14. The normalized spacial score (nSPS) is 13.9. The van der Waals surface area contributed by atoms with Gasteiger partial charge in [-0.05, 0) is 12.3 Å². The number of aliphatic carboxylic acids is 1. The third-order valence-corrected chi connectivity index (χ3v) is 2.97. The van der Waals surface area contributed by atoms with Crippen LogP contribution in [-0.2, 0) is 4.79 Å². The van der Waals surface area contributed by atoms with Gasteiger partial charge in [0.15, 0.2) is 0 Å². The molecule has 0 fully saturated rings. The van der Waals surface area contributed by atoms with E-state index < -0.39 is 11.9 Å². The molecule has 0 aromatic heterocycles. The Morgan fingerprint density at radius 2 is 1.88 bits per heavy atom. The summed E-state index contributed by atoms with van der Waals surface area (Å²) in [6.45, 7) is 6.83. The predicted molar refractivity (Wildman–Crippen MR) is 66.9 cm³/mol. The van der Waals surface area contributed by atoms with Gasteiger partial charge in [0.05, 0.1) is 5.92 Å². The SMILES string of the molecule is CCC(C)CN(C)C(=O)NCC(CC)C(=O)O. The minimum absolute atomic E-state index is 0.190. The molecule has 0 aliphatic heterocycles. The quantitative estimate of drug-likeness (QED) is 0.717. The summed E-state index contributed by atoms with van der Waals surface area (Å²) in [7, 11) is 1.73. The molecular weight excluding hydrogens is 220 g/mol. The van der Waals surface area contributed by atoms with Gasteiger partial charge in [-0.3, -0.25) is 4.79 Å². The molecule has 0 saturated heterocycles. The predicted octanol–water partition coefficient (Wildman–Crippen LogP) is 1.78. The maximum absolute atomic E-state index is 11.7. The molecule has 0 bridgehead atoms. The number of carboxylic acids is 1. The molecule has 2 atom stereocenters. The lowest BCUT2D eigenvalue weighted by atomic mass is 10.1. The van der Waals surface area contributed by atoms with Crippen LogP contribution in [0.15, 0.2) is 0 Å². The fraction of sp³-hybridized carbons (Fsp3) is 0.833. The molecule has 5 nitrogen and oxygen atoms in total. The van der Waals surface area contributed by atoms with Gasteiger partial charge in [0.1, 0.15) is 0 Å². The van der Waals surface area contributed by atoms with E-state index in [4.69, 9.17) is 5.11 Å². The second kappa shape index (κ2) is 7.92. The third kappa shape index (κ3) is 6.14. The van der Waals surface area contributed by atoms with Crippen LogP contribution in [0.3, 0.4) is 0 Å². The summed E-state index contributed by atoms with van der Waals surface area (Å²) in [6.07, 6.45) is 1.54. The molecule has 0 saturated carbocycles. The molecule has 2 N–H and O–H groups in total. The first-order valence-electron chi connectivity index (χ1n) is 6.14. The Bertz CT molecular complexity index is 256. The second-order valence-corrected chi connectivity index (χ2v) is 4.52. The van der Waals surface area contributed by atoms with Crippen LogP contribution in [0.1, 0.15) is 33.6 Å². The number of carbonyl (C=O) groups is 2. The zero-order chi connectivity index (χ0) is 13.4. The highest BCUT2D eigenvalue weighted by atomic mass is 16.4. The van der Waals surface area contributed by atoms with Crippen molar-refractivity contribution in [1.82, 2.24) is 10.2 Å². The highest BCUT2D eigenvalue weighted by Gasteiger charge is 2.17. The van der Waals surface area contributed by atoms with Crippen LogP contribution < -0.4 is 5.32 Å². The van der Waals surface area contributed by atoms with Crippen molar-refractivity contribution in [2.75, 3.05) is 20.1 Å². The largest absolute Gasteiger partial charge is 0.481 e. The molecule has 0 rings (SSSR count). The number of nitrogens with one attached hydrogen (secondary N) is 1. The molecule has 0 heterocycles. The Kier molecular flexibility index (Phi) is 7.34. The molecule has 2 amide bonds. The monoisotopic (exact) mass is 244 g/mol. The fourth-order valence-corrected chi connectivity index (χ4v) is 1.43. The summed E-state index contributed by atoms with van der Waals surface area (Å²) in [4.78, 5) is 24.0. The number of carboxylic acid groups (broad SMARTS) is 1. The summed E-state index contributed by atoms with van der Waals surface area (Å²) < 4.78 is 0. The number of urea groups is 1. The van der Waals surface area contributed by atoms with Crippen LogP contribution in [0.4, 0.5) is 4.79 Å². The Labute approximate surface area is 103 Å². The number of carbonyl (C=O) groups excluding carboxylic acids is 1. The van der Waals surface area contributed by atoms with E-state index in [0.717, 1.165) is 6.42 Å². The standard InChI is InChI=1S/C12H24N2O3/c1-5-9(3)8-14(4)12(17)13-7-10(6-2)11(15)16/h9-10H,5-8H2,1-4H3,(H,13,17)(H,15,16). The molecule has 5 heteroatoms. The molecular formula is C12H24N2O3. The summed E-state index contributed by atoms with van der Waals surface area (Å²) in [6, 6.07) is -0.204. The lowest BCUT2D eigenvalue weighted by molar-refractivity contribution is -0.141. The van der Waals surface area contributed by atoms with E-state index in [1.54, 1.807) is 18.9 Å². The van der Waals surface area contributed by atoms with Gasteiger partial charge in [0.2, 0.25) is 0 Å². The topological polar surface area (TPSA) is 69.6 Å². The highest BCUT2D eigenvalue weighted by molar-refractivity contribution is 5.75. The van der Waals surface area contributed by atoms with Gasteiger partial charge in [0, 0.05) is 20.1 Å². The zero-order valence-corrected chi connectivity index (χ0v) is 11.2. The van der Waals surface area contributed by atoms with Crippen molar-refractivity contribution in [1.29, 1.82) is 0 Å². The van der Waals surface area contributed by atoms with Crippen LogP contribution in [-0.4, -0.2) is 42.1 Å². The van der Waals surface area contributed by atoms with E-state index in [1.165, 1.54) is 0 Å². The molecule has 17 heavy (non-hydrogen) atoms. The summed E-state index contributed by atoms with van der Waals surface area (Å²) in [5.41, 5.74) is 0. The molecule has 0 radical (unpaired) electrons. The molecule has 100 valence electrons. The lowest BCUT2D eigenvalue weighted by Gasteiger charge is -2.22. The van der Waals surface area contributed by atoms with Crippen molar-refractivity contribution in [2.24, 2.45) is 11.8 Å². The Balaban J connectivity index is 4.04. The first kappa shape index (κ1) is 15.7. The fourth-order valence-electron chi connectivity index (χ4n) is 1.43. The van der Waals surface area contributed by atoms with Crippen LogP contribution >= 0.6 is 0 Å².